The average molecular weight is 281 g/mol. The number of nitrogens with zero attached hydrogens (tertiary/aromatic N) is 2. The van der Waals surface area contributed by atoms with Crippen LogP contribution in [-0.4, -0.2) is 33.7 Å². The Morgan fingerprint density at radius 1 is 1.47 bits per heavy atom. The molecule has 1 aromatic heterocycles. The minimum Gasteiger partial charge on any atom is -0.389 e. The van der Waals surface area contributed by atoms with E-state index in [-0.39, 0.29) is 10.9 Å². The molecule has 1 unspecified atom stereocenters. The maximum Gasteiger partial charge on any atom is 0.242 e. The Bertz CT molecular complexity index is 463. The number of nitrogens with two attached hydrogens (primary N) is 1. The molecule has 0 fully saturated rings. The van der Waals surface area contributed by atoms with Gasteiger partial charge in [-0.15, -0.1) is 5.10 Å². The van der Waals surface area contributed by atoms with Crippen molar-refractivity contribution in [1.82, 2.24) is 15.5 Å². The van der Waals surface area contributed by atoms with Crippen LogP contribution in [-0.2, 0) is 4.79 Å². The second-order valence-corrected chi connectivity index (χ2v) is 5.10. The SMILES string of the molecule is CC(C)CNC(=O)C(C)Nc1nnccc1C(N)=S. The number of anilines is 1. The highest BCUT2D eigenvalue weighted by atomic mass is 32.1. The van der Waals surface area contributed by atoms with E-state index in [9.17, 15) is 4.79 Å². The number of carbonyl (C=O) groups is 1. The van der Waals surface area contributed by atoms with E-state index in [4.69, 9.17) is 18.0 Å². The molecule has 0 saturated carbocycles. The number of thiocarbonyl (C=S) groups is 1. The molecular formula is C12H19N5OS. The van der Waals surface area contributed by atoms with E-state index in [1.54, 1.807) is 13.0 Å². The molecule has 104 valence electrons. The molecule has 0 radical (unpaired) electrons. The Balaban J connectivity index is 2.69. The van der Waals surface area contributed by atoms with Crippen molar-refractivity contribution in [3.8, 4) is 0 Å². The summed E-state index contributed by atoms with van der Waals surface area (Å²) in [5.74, 6) is 0.718. The molecule has 0 bridgehead atoms. The zero-order valence-corrected chi connectivity index (χ0v) is 12.1. The molecule has 7 heteroatoms. The molecule has 6 nitrogen and oxygen atoms in total. The lowest BCUT2D eigenvalue weighted by atomic mass is 10.2. The Kier molecular flexibility index (Phi) is 5.62. The third-order valence-corrected chi connectivity index (χ3v) is 2.64. The number of amides is 1. The van der Waals surface area contributed by atoms with Gasteiger partial charge in [-0.1, -0.05) is 26.1 Å². The summed E-state index contributed by atoms with van der Waals surface area (Å²) in [5, 5.41) is 13.5. The Labute approximate surface area is 118 Å². The Morgan fingerprint density at radius 2 is 2.16 bits per heavy atom. The third-order valence-electron chi connectivity index (χ3n) is 2.42. The predicted molar refractivity (Wildman–Crippen MR) is 78.9 cm³/mol. The van der Waals surface area contributed by atoms with Crippen LogP contribution in [0, 0.1) is 5.92 Å². The van der Waals surface area contributed by atoms with E-state index in [1.165, 1.54) is 6.20 Å². The smallest absolute Gasteiger partial charge is 0.242 e. The molecule has 1 heterocycles. The normalized spacial score (nSPS) is 12.0. The number of rotatable bonds is 6. The molecule has 0 spiro atoms. The van der Waals surface area contributed by atoms with Crippen molar-refractivity contribution >= 4 is 28.9 Å². The molecule has 1 atom stereocenters. The van der Waals surface area contributed by atoms with Crippen LogP contribution in [0.25, 0.3) is 0 Å². The summed E-state index contributed by atoms with van der Waals surface area (Å²) in [6.07, 6.45) is 1.50. The Hall–Kier alpha value is -1.76. The van der Waals surface area contributed by atoms with Crippen molar-refractivity contribution in [1.29, 1.82) is 0 Å². The summed E-state index contributed by atoms with van der Waals surface area (Å²) in [6.45, 7) is 6.44. The highest BCUT2D eigenvalue weighted by Gasteiger charge is 2.16. The highest BCUT2D eigenvalue weighted by molar-refractivity contribution is 7.80. The van der Waals surface area contributed by atoms with Crippen LogP contribution in [0.5, 0.6) is 0 Å². The number of hydrogen-bond donors (Lipinski definition) is 3. The standard InChI is InChI=1S/C12H19N5OS/c1-7(2)6-14-12(18)8(3)16-11-9(10(13)19)4-5-15-17-11/h4-5,7-8H,6H2,1-3H3,(H2,13,19)(H,14,18)(H,16,17). The summed E-state index contributed by atoms with van der Waals surface area (Å²) in [7, 11) is 0. The first-order valence-electron chi connectivity index (χ1n) is 6.07. The lowest BCUT2D eigenvalue weighted by Gasteiger charge is -2.16. The van der Waals surface area contributed by atoms with Gasteiger partial charge in [-0.2, -0.15) is 5.10 Å². The van der Waals surface area contributed by atoms with Crippen LogP contribution >= 0.6 is 12.2 Å². The largest absolute Gasteiger partial charge is 0.389 e. The first-order chi connectivity index (χ1) is 8.91. The predicted octanol–water partition coefficient (Wildman–Crippen LogP) is 0.683. The van der Waals surface area contributed by atoms with Crippen molar-refractivity contribution in [2.75, 3.05) is 11.9 Å². The maximum absolute atomic E-state index is 11.8. The first kappa shape index (κ1) is 15.3. The molecule has 1 aromatic rings. The van der Waals surface area contributed by atoms with Crippen LogP contribution in [0.2, 0.25) is 0 Å². The molecular weight excluding hydrogens is 262 g/mol. The van der Waals surface area contributed by atoms with Crippen LogP contribution in [0.1, 0.15) is 26.3 Å². The second-order valence-electron chi connectivity index (χ2n) is 4.66. The van der Waals surface area contributed by atoms with Gasteiger partial charge in [-0.05, 0) is 18.9 Å². The van der Waals surface area contributed by atoms with Crippen LogP contribution in [0.4, 0.5) is 5.82 Å². The molecule has 1 amide bonds. The molecule has 4 N–H and O–H groups in total. The van der Waals surface area contributed by atoms with Crippen LogP contribution in [0.15, 0.2) is 12.3 Å². The summed E-state index contributed by atoms with van der Waals surface area (Å²) in [6, 6.07) is 1.22. The molecule has 19 heavy (non-hydrogen) atoms. The summed E-state index contributed by atoms with van der Waals surface area (Å²) < 4.78 is 0. The summed E-state index contributed by atoms with van der Waals surface area (Å²) >= 11 is 4.92. The van der Waals surface area contributed by atoms with Gasteiger partial charge < -0.3 is 16.4 Å². The number of carbonyl (C=O) groups excluding carboxylic acids is 1. The van der Waals surface area contributed by atoms with Gasteiger partial charge in [-0.25, -0.2) is 0 Å². The number of hydrogen-bond acceptors (Lipinski definition) is 5. The fourth-order valence-electron chi connectivity index (χ4n) is 1.37. The van der Waals surface area contributed by atoms with Gasteiger partial charge in [0.15, 0.2) is 5.82 Å². The first-order valence-corrected chi connectivity index (χ1v) is 6.48. The summed E-state index contributed by atoms with van der Waals surface area (Å²) in [4.78, 5) is 12.1. The molecule has 1 rings (SSSR count). The van der Waals surface area contributed by atoms with Gasteiger partial charge in [0.25, 0.3) is 0 Å². The molecule has 0 saturated heterocycles. The minimum atomic E-state index is -0.441. The number of nitrogens with one attached hydrogen (secondary N) is 2. The number of aromatic nitrogens is 2. The van der Waals surface area contributed by atoms with E-state index in [1.807, 2.05) is 13.8 Å². The van der Waals surface area contributed by atoms with Gasteiger partial charge in [0.2, 0.25) is 5.91 Å². The van der Waals surface area contributed by atoms with Gasteiger partial charge in [0.05, 0.1) is 11.8 Å². The topological polar surface area (TPSA) is 92.9 Å². The highest BCUT2D eigenvalue weighted by Crippen LogP contribution is 2.11. The Morgan fingerprint density at radius 3 is 2.74 bits per heavy atom. The fourth-order valence-corrected chi connectivity index (χ4v) is 1.53. The second kappa shape index (κ2) is 6.98. The lowest BCUT2D eigenvalue weighted by molar-refractivity contribution is -0.121. The maximum atomic E-state index is 11.8. The van der Waals surface area contributed by atoms with Crippen molar-refractivity contribution in [3.63, 3.8) is 0 Å². The van der Waals surface area contributed by atoms with E-state index in [0.717, 1.165) is 0 Å². The molecule has 0 aromatic carbocycles. The van der Waals surface area contributed by atoms with Crippen molar-refractivity contribution in [2.24, 2.45) is 11.7 Å². The third kappa shape index (κ3) is 4.78. The van der Waals surface area contributed by atoms with Crippen LogP contribution < -0.4 is 16.4 Å². The van der Waals surface area contributed by atoms with Gasteiger partial charge in [0.1, 0.15) is 11.0 Å². The van der Waals surface area contributed by atoms with Crippen molar-refractivity contribution in [3.05, 3.63) is 17.8 Å². The van der Waals surface area contributed by atoms with E-state index in [2.05, 4.69) is 20.8 Å². The van der Waals surface area contributed by atoms with Gasteiger partial charge in [0, 0.05) is 6.54 Å². The quantitative estimate of drug-likeness (QED) is 0.664. The minimum absolute atomic E-state index is 0.103. The monoisotopic (exact) mass is 281 g/mol. The van der Waals surface area contributed by atoms with E-state index in [0.29, 0.717) is 23.8 Å². The van der Waals surface area contributed by atoms with Gasteiger partial charge >= 0.3 is 0 Å². The fraction of sp³-hybridized carbons (Fsp3) is 0.500. The van der Waals surface area contributed by atoms with E-state index < -0.39 is 6.04 Å². The summed E-state index contributed by atoms with van der Waals surface area (Å²) in [5.41, 5.74) is 6.17. The van der Waals surface area contributed by atoms with Crippen molar-refractivity contribution < 1.29 is 4.79 Å². The lowest BCUT2D eigenvalue weighted by Crippen LogP contribution is -2.39. The average Bonchev–Trinajstić information content (AvgIpc) is 2.36. The molecule has 0 aliphatic heterocycles. The van der Waals surface area contributed by atoms with Crippen molar-refractivity contribution in [2.45, 2.75) is 26.8 Å². The van der Waals surface area contributed by atoms with Crippen LogP contribution in [0.3, 0.4) is 0 Å². The zero-order chi connectivity index (χ0) is 14.4. The molecule has 0 aliphatic rings. The van der Waals surface area contributed by atoms with E-state index >= 15 is 0 Å². The molecule has 0 aliphatic carbocycles. The zero-order valence-electron chi connectivity index (χ0n) is 11.3. The van der Waals surface area contributed by atoms with Gasteiger partial charge in [-0.3, -0.25) is 4.79 Å².